The van der Waals surface area contributed by atoms with E-state index in [1.54, 1.807) is 0 Å². The normalized spacial score (nSPS) is 14.1. The number of fused-ring (bicyclic) bond motifs is 8. The zero-order valence-corrected chi connectivity index (χ0v) is 31.5. The van der Waals surface area contributed by atoms with Gasteiger partial charge in [-0.2, -0.15) is 0 Å². The van der Waals surface area contributed by atoms with Crippen molar-refractivity contribution in [1.29, 1.82) is 0 Å². The zero-order chi connectivity index (χ0) is 42.4. The molecule has 10 aromatic rings. The summed E-state index contributed by atoms with van der Waals surface area (Å²) in [5, 5.41) is 3.26. The van der Waals surface area contributed by atoms with Crippen LogP contribution in [-0.2, 0) is 5.41 Å². The highest BCUT2D eigenvalue weighted by molar-refractivity contribution is 6.19. The first-order valence-corrected chi connectivity index (χ1v) is 19.3. The minimum absolute atomic E-state index is 0.141. The molecular weight excluding hydrogens is 691 g/mol. The molecule has 1 aliphatic carbocycles. The lowest BCUT2D eigenvalue weighted by Gasteiger charge is -2.28. The van der Waals surface area contributed by atoms with E-state index in [2.05, 4.69) is 152 Å². The molecule has 0 amide bonds. The van der Waals surface area contributed by atoms with E-state index in [4.69, 9.17) is 11.3 Å². The second-order valence-corrected chi connectivity index (χ2v) is 15.4. The minimum atomic E-state index is -0.410. The minimum Gasteiger partial charge on any atom is -0.455 e. The first-order valence-electron chi connectivity index (χ1n) is 21.8. The van der Waals surface area contributed by atoms with Gasteiger partial charge in [-0.1, -0.05) is 159 Å². The van der Waals surface area contributed by atoms with Crippen LogP contribution in [0.15, 0.2) is 204 Å². The predicted molar refractivity (Wildman–Crippen MR) is 240 cm³/mol. The van der Waals surface area contributed by atoms with Crippen molar-refractivity contribution < 1.29 is 11.3 Å². The molecule has 0 bridgehead atoms. The smallest absolute Gasteiger partial charge is 0.143 e. The molecule has 9 aromatic carbocycles. The number of hydrogen-bond donors (Lipinski definition) is 0. The molecule has 0 atom stereocenters. The van der Waals surface area contributed by atoms with E-state index in [0.29, 0.717) is 16.7 Å². The Labute approximate surface area is 339 Å². The van der Waals surface area contributed by atoms with Crippen LogP contribution in [0.2, 0.25) is 0 Å². The number of rotatable bonds is 6. The molecule has 270 valence electrons. The predicted octanol–water partition coefficient (Wildman–Crippen LogP) is 15.5. The van der Waals surface area contributed by atoms with Gasteiger partial charge in [-0.05, 0) is 116 Å². The summed E-state index contributed by atoms with van der Waals surface area (Å²) in [4.78, 5) is 2.33. The van der Waals surface area contributed by atoms with Crippen LogP contribution >= 0.6 is 0 Å². The van der Waals surface area contributed by atoms with Gasteiger partial charge < -0.3 is 9.32 Å². The summed E-state index contributed by atoms with van der Waals surface area (Å²) in [6.45, 7) is 4.63. The summed E-state index contributed by atoms with van der Waals surface area (Å²) in [6.07, 6.45) is 0. The molecule has 0 saturated heterocycles. The third-order valence-corrected chi connectivity index (χ3v) is 11.8. The van der Waals surface area contributed by atoms with Crippen molar-refractivity contribution in [2.75, 3.05) is 4.90 Å². The highest BCUT2D eigenvalue weighted by Crippen LogP contribution is 2.51. The Morgan fingerprint density at radius 1 is 0.421 bits per heavy atom. The SMILES string of the molecule is [2H]c1c([2H])c([2H])c(-c2cc3c4ccc(-c5ccc(N(c6ccc(-c7ccccc7)cc6)c6ccc7c(c6)C(C)(C)c6ccccc6-7)cc5)cc4oc3c3ccccc23)c([2H])c1[2H]. The van der Waals surface area contributed by atoms with Crippen LogP contribution in [0, 0.1) is 0 Å². The Bertz CT molecular complexity index is 3400. The van der Waals surface area contributed by atoms with E-state index in [9.17, 15) is 0 Å². The second kappa shape index (κ2) is 13.0. The number of benzene rings is 9. The van der Waals surface area contributed by atoms with E-state index in [1.807, 2.05) is 36.4 Å². The fraction of sp³-hybridized carbons (Fsp3) is 0.0545. The molecule has 2 heteroatoms. The van der Waals surface area contributed by atoms with E-state index in [1.165, 1.54) is 27.8 Å². The van der Waals surface area contributed by atoms with Gasteiger partial charge in [0.15, 0.2) is 0 Å². The summed E-state index contributed by atoms with van der Waals surface area (Å²) in [5.41, 5.74) is 14.8. The molecule has 0 N–H and O–H groups in total. The van der Waals surface area contributed by atoms with E-state index < -0.39 is 6.04 Å². The molecule has 2 nitrogen and oxygen atoms in total. The van der Waals surface area contributed by atoms with Crippen molar-refractivity contribution in [2.24, 2.45) is 0 Å². The molecule has 57 heavy (non-hydrogen) atoms. The first-order chi connectivity index (χ1) is 30.1. The lowest BCUT2D eigenvalue weighted by molar-refractivity contribution is 0.660. The van der Waals surface area contributed by atoms with Gasteiger partial charge in [0.2, 0.25) is 0 Å². The fourth-order valence-corrected chi connectivity index (χ4v) is 8.88. The molecule has 11 rings (SSSR count). The van der Waals surface area contributed by atoms with Crippen LogP contribution in [0.4, 0.5) is 17.1 Å². The van der Waals surface area contributed by atoms with Crippen molar-refractivity contribution in [2.45, 2.75) is 19.3 Å². The van der Waals surface area contributed by atoms with Crippen LogP contribution in [0.25, 0.3) is 77.2 Å². The highest BCUT2D eigenvalue weighted by atomic mass is 16.3. The number of furan rings is 1. The summed E-state index contributed by atoms with van der Waals surface area (Å²) in [6, 6.07) is 57.7. The Morgan fingerprint density at radius 3 is 1.77 bits per heavy atom. The standard InChI is InChI=1S/C55H39NO/c1-55(2)51-20-12-11-18-45(51)46-32-30-43(34-52(46)55)56(41-26-21-37(22-27-41)36-13-5-3-6-14-36)42-28-23-38(24-29-42)40-25-31-47-50-35-49(39-15-7-4-8-16-39)44-17-9-10-19-48(44)54(50)57-53(47)33-40/h3-35H,1-2H3/i4D,7D,8D,15D,16D. The van der Waals surface area contributed by atoms with Gasteiger partial charge in [0.1, 0.15) is 11.2 Å². The van der Waals surface area contributed by atoms with Crippen LogP contribution < -0.4 is 4.90 Å². The number of anilines is 3. The van der Waals surface area contributed by atoms with Crippen LogP contribution in [-0.4, -0.2) is 0 Å². The van der Waals surface area contributed by atoms with Crippen LogP contribution in [0.3, 0.4) is 0 Å². The maximum atomic E-state index is 8.76. The van der Waals surface area contributed by atoms with Gasteiger partial charge in [0.25, 0.3) is 0 Å². The fourth-order valence-electron chi connectivity index (χ4n) is 8.88. The quantitative estimate of drug-likeness (QED) is 0.169. The van der Waals surface area contributed by atoms with Crippen molar-refractivity contribution in [3.8, 4) is 44.5 Å². The molecule has 1 heterocycles. The molecule has 0 aliphatic heterocycles. The zero-order valence-electron chi connectivity index (χ0n) is 36.5. The van der Waals surface area contributed by atoms with E-state index in [0.717, 1.165) is 55.3 Å². The average molecular weight is 735 g/mol. The Balaban J connectivity index is 1.00. The largest absolute Gasteiger partial charge is 0.455 e. The van der Waals surface area contributed by atoms with Gasteiger partial charge in [-0.3, -0.25) is 0 Å². The van der Waals surface area contributed by atoms with Gasteiger partial charge >= 0.3 is 0 Å². The Morgan fingerprint density at radius 2 is 1.02 bits per heavy atom. The molecule has 0 unspecified atom stereocenters. The Kier molecular flexibility index (Phi) is 6.43. The highest BCUT2D eigenvalue weighted by Gasteiger charge is 2.35. The summed E-state index contributed by atoms with van der Waals surface area (Å²) < 4.78 is 49.0. The molecule has 0 radical (unpaired) electrons. The van der Waals surface area contributed by atoms with Crippen molar-refractivity contribution in [1.82, 2.24) is 0 Å². The summed E-state index contributed by atoms with van der Waals surface area (Å²) in [5.74, 6) is 0. The Hall–Kier alpha value is -7.16. The van der Waals surface area contributed by atoms with E-state index >= 15 is 0 Å². The van der Waals surface area contributed by atoms with Crippen LogP contribution in [0.1, 0.15) is 31.8 Å². The molecule has 1 aliphatic rings. The van der Waals surface area contributed by atoms with Crippen molar-refractivity contribution in [3.05, 3.63) is 211 Å². The molecule has 0 saturated carbocycles. The van der Waals surface area contributed by atoms with E-state index in [-0.39, 0.29) is 35.1 Å². The molecule has 0 fully saturated rings. The molecular formula is C55H39NO. The number of hydrogen-bond acceptors (Lipinski definition) is 2. The number of nitrogens with zero attached hydrogens (tertiary/aromatic N) is 1. The van der Waals surface area contributed by atoms with Crippen molar-refractivity contribution in [3.63, 3.8) is 0 Å². The lowest BCUT2D eigenvalue weighted by Crippen LogP contribution is -2.16. The first kappa shape index (κ1) is 28.3. The van der Waals surface area contributed by atoms with Gasteiger partial charge in [0, 0.05) is 38.6 Å². The van der Waals surface area contributed by atoms with Crippen molar-refractivity contribution >= 4 is 49.8 Å². The average Bonchev–Trinajstić information content (AvgIpc) is 3.79. The van der Waals surface area contributed by atoms with Gasteiger partial charge in [-0.25, -0.2) is 0 Å². The van der Waals surface area contributed by atoms with Crippen LogP contribution in [0.5, 0.6) is 0 Å². The third kappa shape index (κ3) is 5.40. The molecule has 0 spiro atoms. The van der Waals surface area contributed by atoms with Gasteiger partial charge in [-0.15, -0.1) is 0 Å². The topological polar surface area (TPSA) is 16.4 Å². The van der Waals surface area contributed by atoms with Gasteiger partial charge in [0.05, 0.1) is 6.85 Å². The third-order valence-electron chi connectivity index (χ3n) is 11.8. The maximum absolute atomic E-state index is 8.76. The lowest BCUT2D eigenvalue weighted by atomic mass is 9.82. The monoisotopic (exact) mass is 734 g/mol. The molecule has 1 aromatic heterocycles. The maximum Gasteiger partial charge on any atom is 0.143 e. The summed E-state index contributed by atoms with van der Waals surface area (Å²) >= 11 is 0. The summed E-state index contributed by atoms with van der Waals surface area (Å²) in [7, 11) is 0. The second-order valence-electron chi connectivity index (χ2n) is 15.4.